The minimum atomic E-state index is -0.956. The first-order chi connectivity index (χ1) is 8.85. The van der Waals surface area contributed by atoms with Gasteiger partial charge in [-0.3, -0.25) is 9.59 Å². The van der Waals surface area contributed by atoms with Crippen molar-refractivity contribution in [2.75, 3.05) is 13.1 Å². The number of aliphatic carboxylic acids is 1. The maximum atomic E-state index is 12.2. The van der Waals surface area contributed by atoms with Gasteiger partial charge in [0.15, 0.2) is 11.5 Å². The van der Waals surface area contributed by atoms with Gasteiger partial charge in [-0.2, -0.15) is 0 Å². The van der Waals surface area contributed by atoms with Gasteiger partial charge in [-0.25, -0.2) is 0 Å². The highest BCUT2D eigenvalue weighted by Gasteiger charge is 2.42. The van der Waals surface area contributed by atoms with Crippen molar-refractivity contribution in [3.8, 4) is 11.5 Å². The van der Waals surface area contributed by atoms with Gasteiger partial charge in [-0.1, -0.05) is 6.07 Å². The Morgan fingerprint density at radius 2 is 2.00 bits per heavy atom. The van der Waals surface area contributed by atoms with E-state index in [-0.39, 0.29) is 17.9 Å². The highest BCUT2D eigenvalue weighted by Crippen LogP contribution is 2.34. The lowest BCUT2D eigenvalue weighted by Gasteiger charge is -2.20. The fourth-order valence-corrected chi connectivity index (χ4v) is 2.18. The van der Waals surface area contributed by atoms with Gasteiger partial charge >= 0.3 is 5.97 Å². The number of carboxylic acids is 1. The Kier molecular flexibility index (Phi) is 3.09. The Morgan fingerprint density at radius 1 is 1.32 bits per heavy atom. The van der Waals surface area contributed by atoms with E-state index in [1.165, 1.54) is 23.1 Å². The number of hydrogen-bond acceptors (Lipinski definition) is 4. The standard InChI is InChI=1S/C13H15NO5/c1-13(12(18)19)5-6-14(7-13)11(17)8-3-2-4-9(15)10(8)16/h2-4,15-16H,5-7H2,1H3,(H,18,19). The number of rotatable bonds is 2. The summed E-state index contributed by atoms with van der Waals surface area (Å²) in [6, 6.07) is 4.13. The van der Waals surface area contributed by atoms with Crippen LogP contribution in [0.4, 0.5) is 0 Å². The number of likely N-dealkylation sites (tertiary alicyclic amines) is 1. The fraction of sp³-hybridized carbons (Fsp3) is 0.385. The molecule has 0 spiro atoms. The second-order valence-corrected chi connectivity index (χ2v) is 5.02. The molecule has 1 aliphatic heterocycles. The SMILES string of the molecule is CC1(C(=O)O)CCN(C(=O)c2cccc(O)c2O)C1. The number of phenols is 2. The summed E-state index contributed by atoms with van der Waals surface area (Å²) in [5.74, 6) is -2.26. The largest absolute Gasteiger partial charge is 0.504 e. The third-order valence-corrected chi connectivity index (χ3v) is 3.52. The zero-order valence-electron chi connectivity index (χ0n) is 10.5. The number of carboxylic acid groups (broad SMARTS) is 1. The van der Waals surface area contributed by atoms with Crippen LogP contribution >= 0.6 is 0 Å². The maximum Gasteiger partial charge on any atom is 0.311 e. The molecule has 1 atom stereocenters. The summed E-state index contributed by atoms with van der Waals surface area (Å²) in [7, 11) is 0. The molecule has 0 bridgehead atoms. The summed E-state index contributed by atoms with van der Waals surface area (Å²) in [6.07, 6.45) is 0.369. The van der Waals surface area contributed by atoms with E-state index in [9.17, 15) is 19.8 Å². The van der Waals surface area contributed by atoms with Crippen molar-refractivity contribution in [1.82, 2.24) is 4.90 Å². The molecule has 6 nitrogen and oxygen atoms in total. The number of carbonyl (C=O) groups is 2. The van der Waals surface area contributed by atoms with Crippen molar-refractivity contribution in [3.63, 3.8) is 0 Å². The van der Waals surface area contributed by atoms with Crippen LogP contribution in [0.5, 0.6) is 11.5 Å². The third-order valence-electron chi connectivity index (χ3n) is 3.52. The van der Waals surface area contributed by atoms with Crippen LogP contribution < -0.4 is 0 Å². The molecule has 1 saturated heterocycles. The lowest BCUT2D eigenvalue weighted by Crippen LogP contribution is -2.34. The molecule has 0 radical (unpaired) electrons. The minimum Gasteiger partial charge on any atom is -0.504 e. The topological polar surface area (TPSA) is 98.1 Å². The van der Waals surface area contributed by atoms with Crippen LogP contribution in [-0.2, 0) is 4.79 Å². The maximum absolute atomic E-state index is 12.2. The first kappa shape index (κ1) is 13.2. The number of carbonyl (C=O) groups excluding carboxylic acids is 1. The second-order valence-electron chi connectivity index (χ2n) is 5.02. The molecule has 102 valence electrons. The van der Waals surface area contributed by atoms with Crippen molar-refractivity contribution in [2.45, 2.75) is 13.3 Å². The number of hydrogen-bond donors (Lipinski definition) is 3. The number of benzene rings is 1. The summed E-state index contributed by atoms with van der Waals surface area (Å²) < 4.78 is 0. The van der Waals surface area contributed by atoms with E-state index in [0.29, 0.717) is 13.0 Å². The van der Waals surface area contributed by atoms with Gasteiger partial charge in [0.25, 0.3) is 5.91 Å². The Balaban J connectivity index is 2.23. The molecule has 3 N–H and O–H groups in total. The van der Waals surface area contributed by atoms with E-state index < -0.39 is 23.0 Å². The molecular weight excluding hydrogens is 250 g/mol. The lowest BCUT2D eigenvalue weighted by atomic mass is 9.90. The van der Waals surface area contributed by atoms with Crippen LogP contribution in [0.15, 0.2) is 18.2 Å². The highest BCUT2D eigenvalue weighted by atomic mass is 16.4. The van der Waals surface area contributed by atoms with Crippen molar-refractivity contribution in [2.24, 2.45) is 5.41 Å². The first-order valence-corrected chi connectivity index (χ1v) is 5.89. The molecular formula is C13H15NO5. The average Bonchev–Trinajstić information content (AvgIpc) is 2.76. The lowest BCUT2D eigenvalue weighted by molar-refractivity contribution is -0.147. The van der Waals surface area contributed by atoms with Crippen LogP contribution in [0.3, 0.4) is 0 Å². The number of aromatic hydroxyl groups is 2. The molecule has 1 aromatic carbocycles. The predicted octanol–water partition coefficient (Wildman–Crippen LogP) is 1.03. The monoisotopic (exact) mass is 265 g/mol. The van der Waals surface area contributed by atoms with Crippen LogP contribution in [0.1, 0.15) is 23.7 Å². The Hall–Kier alpha value is -2.24. The quantitative estimate of drug-likeness (QED) is 0.694. The summed E-state index contributed by atoms with van der Waals surface area (Å²) >= 11 is 0. The van der Waals surface area contributed by atoms with Crippen LogP contribution in [0.25, 0.3) is 0 Å². The molecule has 1 unspecified atom stereocenters. The Labute approximate surface area is 109 Å². The van der Waals surface area contributed by atoms with Crippen molar-refractivity contribution in [1.29, 1.82) is 0 Å². The number of amides is 1. The Morgan fingerprint density at radius 3 is 2.58 bits per heavy atom. The molecule has 1 aliphatic rings. The van der Waals surface area contributed by atoms with E-state index >= 15 is 0 Å². The normalized spacial score (nSPS) is 22.5. The summed E-state index contributed by atoms with van der Waals surface area (Å²) in [5.41, 5.74) is -0.975. The molecule has 0 saturated carbocycles. The zero-order valence-corrected chi connectivity index (χ0v) is 10.5. The smallest absolute Gasteiger partial charge is 0.311 e. The van der Waals surface area contributed by atoms with E-state index in [0.717, 1.165) is 0 Å². The van der Waals surface area contributed by atoms with Gasteiger partial charge in [0.05, 0.1) is 11.0 Å². The molecule has 1 aromatic rings. The van der Waals surface area contributed by atoms with Crippen LogP contribution in [-0.4, -0.2) is 45.2 Å². The number of phenolic OH excluding ortho intramolecular Hbond substituents is 2. The molecule has 6 heteroatoms. The van der Waals surface area contributed by atoms with Crippen molar-refractivity contribution in [3.05, 3.63) is 23.8 Å². The third kappa shape index (κ3) is 2.21. The summed E-state index contributed by atoms with van der Waals surface area (Å²) in [6.45, 7) is 2.00. The number of nitrogens with zero attached hydrogens (tertiary/aromatic N) is 1. The first-order valence-electron chi connectivity index (χ1n) is 5.89. The van der Waals surface area contributed by atoms with E-state index in [1.807, 2.05) is 0 Å². The van der Waals surface area contributed by atoms with Crippen LogP contribution in [0, 0.1) is 5.41 Å². The molecule has 0 aromatic heterocycles. The molecule has 19 heavy (non-hydrogen) atoms. The van der Waals surface area contributed by atoms with Gasteiger partial charge in [0.1, 0.15) is 0 Å². The summed E-state index contributed by atoms with van der Waals surface area (Å²) in [4.78, 5) is 24.7. The molecule has 1 heterocycles. The molecule has 1 fully saturated rings. The Bertz CT molecular complexity index is 542. The van der Waals surface area contributed by atoms with Crippen molar-refractivity contribution >= 4 is 11.9 Å². The second kappa shape index (κ2) is 4.46. The minimum absolute atomic E-state index is 0.0189. The summed E-state index contributed by atoms with van der Waals surface area (Å²) in [5, 5.41) is 28.1. The fourth-order valence-electron chi connectivity index (χ4n) is 2.18. The van der Waals surface area contributed by atoms with E-state index in [1.54, 1.807) is 6.92 Å². The van der Waals surface area contributed by atoms with Crippen molar-refractivity contribution < 1.29 is 24.9 Å². The van der Waals surface area contributed by atoms with Gasteiger partial charge < -0.3 is 20.2 Å². The van der Waals surface area contributed by atoms with Gasteiger partial charge in [-0.05, 0) is 25.5 Å². The van der Waals surface area contributed by atoms with E-state index in [2.05, 4.69) is 0 Å². The average molecular weight is 265 g/mol. The van der Waals surface area contributed by atoms with Gasteiger partial charge in [0.2, 0.25) is 0 Å². The van der Waals surface area contributed by atoms with Gasteiger partial charge in [0, 0.05) is 13.1 Å². The number of para-hydroxylation sites is 1. The van der Waals surface area contributed by atoms with Crippen LogP contribution in [0.2, 0.25) is 0 Å². The zero-order chi connectivity index (χ0) is 14.2. The molecule has 2 rings (SSSR count). The molecule has 1 amide bonds. The van der Waals surface area contributed by atoms with Gasteiger partial charge in [-0.15, -0.1) is 0 Å². The molecule has 0 aliphatic carbocycles. The van der Waals surface area contributed by atoms with E-state index in [4.69, 9.17) is 5.11 Å². The predicted molar refractivity (Wildman–Crippen MR) is 66.0 cm³/mol. The highest BCUT2D eigenvalue weighted by molar-refractivity contribution is 5.98.